The number of imide groups is 1. The highest BCUT2D eigenvalue weighted by atomic mass is 127. The van der Waals surface area contributed by atoms with E-state index in [1.54, 1.807) is 12.1 Å². The number of benzene rings is 2. The molecule has 10 heteroatoms. The van der Waals surface area contributed by atoms with Crippen LogP contribution in [-0.4, -0.2) is 35.7 Å². The minimum absolute atomic E-state index is 0.00242. The third kappa shape index (κ3) is 5.93. The van der Waals surface area contributed by atoms with Gasteiger partial charge in [-0.1, -0.05) is 30.3 Å². The summed E-state index contributed by atoms with van der Waals surface area (Å²) in [5.74, 6) is 0.391. The number of nitrogens with zero attached hydrogens (tertiary/aromatic N) is 1. The normalized spacial score (nSPS) is 14.4. The highest BCUT2D eigenvalue weighted by Gasteiger charge is 2.36. The van der Waals surface area contributed by atoms with Crippen molar-refractivity contribution < 1.29 is 33.0 Å². The third-order valence-electron chi connectivity index (χ3n) is 5.09. The molecule has 1 fully saturated rings. The fourth-order valence-electron chi connectivity index (χ4n) is 3.42. The topological polar surface area (TPSA) is 95.3 Å². The molecule has 2 aromatic carbocycles. The summed E-state index contributed by atoms with van der Waals surface area (Å²) in [6.07, 6.45) is 1.65. The van der Waals surface area contributed by atoms with Gasteiger partial charge in [0.2, 0.25) is 5.76 Å². The van der Waals surface area contributed by atoms with E-state index < -0.39 is 17.1 Å². The van der Waals surface area contributed by atoms with Crippen LogP contribution in [0.25, 0.3) is 6.08 Å². The fraction of sp³-hybridized carbons (Fsp3) is 0.192. The summed E-state index contributed by atoms with van der Waals surface area (Å²) in [6, 6.07) is 16.4. The molecule has 0 saturated carbocycles. The summed E-state index contributed by atoms with van der Waals surface area (Å²) in [4.78, 5) is 38.4. The summed E-state index contributed by atoms with van der Waals surface area (Å²) in [5.41, 5.74) is 1.73. The van der Waals surface area contributed by atoms with Crippen molar-refractivity contribution in [3.63, 3.8) is 0 Å². The van der Waals surface area contributed by atoms with Gasteiger partial charge >= 0.3 is 5.97 Å². The highest BCUT2D eigenvalue weighted by Crippen LogP contribution is 2.38. The molecule has 0 N–H and O–H groups in total. The number of carbonyl (C=O) groups excluding carboxylic acids is 3. The first kappa shape index (κ1) is 25.8. The van der Waals surface area contributed by atoms with E-state index in [1.807, 2.05) is 43.3 Å². The van der Waals surface area contributed by atoms with Crippen molar-refractivity contribution in [1.82, 2.24) is 4.90 Å². The van der Waals surface area contributed by atoms with Gasteiger partial charge in [0, 0.05) is 0 Å². The molecule has 0 atom stereocenters. The first-order chi connectivity index (χ1) is 17.4. The van der Waals surface area contributed by atoms with E-state index in [1.165, 1.54) is 19.2 Å². The molecule has 1 saturated heterocycles. The minimum atomic E-state index is -0.633. The van der Waals surface area contributed by atoms with E-state index in [4.69, 9.17) is 13.9 Å². The molecule has 0 unspecified atom stereocenters. The Labute approximate surface area is 225 Å². The molecule has 36 heavy (non-hydrogen) atoms. The molecule has 1 aromatic heterocycles. The van der Waals surface area contributed by atoms with E-state index in [9.17, 15) is 14.4 Å². The van der Waals surface area contributed by atoms with Gasteiger partial charge in [0.05, 0.1) is 28.7 Å². The molecule has 2 heterocycles. The zero-order valence-electron chi connectivity index (χ0n) is 19.5. The van der Waals surface area contributed by atoms with Crippen LogP contribution in [0.15, 0.2) is 63.9 Å². The average Bonchev–Trinajstić information content (AvgIpc) is 3.44. The van der Waals surface area contributed by atoms with Crippen LogP contribution in [0.5, 0.6) is 11.5 Å². The number of amides is 2. The molecule has 0 aliphatic carbocycles. The Hall–Kier alpha value is -3.25. The lowest BCUT2D eigenvalue weighted by Gasteiger charge is -2.15. The highest BCUT2D eigenvalue weighted by molar-refractivity contribution is 14.1. The molecule has 0 radical (unpaired) electrons. The number of furan rings is 1. The zero-order chi connectivity index (χ0) is 25.7. The second-order valence-electron chi connectivity index (χ2n) is 7.56. The van der Waals surface area contributed by atoms with Crippen LogP contribution < -0.4 is 9.47 Å². The lowest BCUT2D eigenvalue weighted by atomic mass is 10.1. The zero-order valence-corrected chi connectivity index (χ0v) is 22.5. The number of hydrogen-bond donors (Lipinski definition) is 0. The number of methoxy groups -OCH3 is 1. The number of esters is 1. The minimum Gasteiger partial charge on any atom is -0.490 e. The largest absolute Gasteiger partial charge is 0.490 e. The fourth-order valence-corrected chi connectivity index (χ4v) is 5.04. The van der Waals surface area contributed by atoms with Crippen LogP contribution in [-0.2, 0) is 22.7 Å². The van der Waals surface area contributed by atoms with Crippen molar-refractivity contribution in [1.29, 1.82) is 0 Å². The predicted octanol–water partition coefficient (Wildman–Crippen LogP) is 5.89. The molecule has 2 amide bonds. The summed E-state index contributed by atoms with van der Waals surface area (Å²) in [7, 11) is 1.24. The Morgan fingerprint density at radius 1 is 1.11 bits per heavy atom. The van der Waals surface area contributed by atoms with Gasteiger partial charge in [-0.3, -0.25) is 14.5 Å². The van der Waals surface area contributed by atoms with Crippen LogP contribution in [0.1, 0.15) is 34.4 Å². The van der Waals surface area contributed by atoms with Gasteiger partial charge < -0.3 is 18.6 Å². The van der Waals surface area contributed by atoms with Crippen LogP contribution in [0.3, 0.4) is 0 Å². The maximum Gasteiger partial charge on any atom is 0.373 e. The van der Waals surface area contributed by atoms with Gasteiger partial charge in [0.15, 0.2) is 11.5 Å². The van der Waals surface area contributed by atoms with E-state index in [2.05, 4.69) is 27.3 Å². The van der Waals surface area contributed by atoms with E-state index in [-0.39, 0.29) is 17.2 Å². The molecule has 0 bridgehead atoms. The summed E-state index contributed by atoms with van der Waals surface area (Å²) < 4.78 is 22.7. The monoisotopic (exact) mass is 619 g/mol. The average molecular weight is 619 g/mol. The van der Waals surface area contributed by atoms with E-state index in [0.29, 0.717) is 36.0 Å². The molecular weight excluding hydrogens is 597 g/mol. The molecule has 186 valence electrons. The van der Waals surface area contributed by atoms with Gasteiger partial charge in [-0.15, -0.1) is 0 Å². The van der Waals surface area contributed by atoms with Crippen molar-refractivity contribution in [2.24, 2.45) is 0 Å². The van der Waals surface area contributed by atoms with E-state index >= 15 is 0 Å². The van der Waals surface area contributed by atoms with E-state index in [0.717, 1.165) is 25.8 Å². The lowest BCUT2D eigenvalue weighted by Crippen LogP contribution is -2.27. The Bertz CT molecular complexity index is 1320. The van der Waals surface area contributed by atoms with Gasteiger partial charge in [-0.25, -0.2) is 4.79 Å². The first-order valence-corrected chi connectivity index (χ1v) is 12.8. The molecule has 1 aliphatic rings. The Morgan fingerprint density at radius 2 is 1.89 bits per heavy atom. The van der Waals surface area contributed by atoms with Crippen molar-refractivity contribution in [2.75, 3.05) is 13.7 Å². The Kier molecular flexibility index (Phi) is 8.36. The summed E-state index contributed by atoms with van der Waals surface area (Å²) in [5, 5.41) is -0.426. The third-order valence-corrected chi connectivity index (χ3v) is 6.80. The van der Waals surface area contributed by atoms with Crippen molar-refractivity contribution in [2.45, 2.75) is 20.1 Å². The molecule has 4 rings (SSSR count). The standard InChI is InChI=1S/C26H22INO7S/c1-3-33-21-12-17(11-19(27)23(21)34-15-16-7-5-4-6-8-16)13-22-24(29)28(26(31)36-22)14-18-9-10-20(35-18)25(30)32-2/h4-13H,3,14-15H2,1-2H3/b22-13+. The van der Waals surface area contributed by atoms with Crippen molar-refractivity contribution in [3.8, 4) is 11.5 Å². The molecule has 3 aromatic rings. The lowest BCUT2D eigenvalue weighted by molar-refractivity contribution is -0.123. The maximum atomic E-state index is 13.0. The smallest absolute Gasteiger partial charge is 0.373 e. The number of halogens is 1. The van der Waals surface area contributed by atoms with Gasteiger partial charge in [0.1, 0.15) is 12.4 Å². The van der Waals surface area contributed by atoms with Crippen molar-refractivity contribution >= 4 is 57.5 Å². The molecular formula is C26H22INO7S. The quantitative estimate of drug-likeness (QED) is 0.167. The number of carbonyl (C=O) groups is 3. The Morgan fingerprint density at radius 3 is 2.61 bits per heavy atom. The molecule has 8 nitrogen and oxygen atoms in total. The first-order valence-electron chi connectivity index (χ1n) is 10.9. The second kappa shape index (κ2) is 11.7. The summed E-state index contributed by atoms with van der Waals surface area (Å²) >= 11 is 3.01. The molecule has 1 aliphatic heterocycles. The molecule has 0 spiro atoms. The maximum absolute atomic E-state index is 13.0. The second-order valence-corrected chi connectivity index (χ2v) is 9.72. The predicted molar refractivity (Wildman–Crippen MR) is 143 cm³/mol. The Balaban J connectivity index is 1.53. The van der Waals surface area contributed by atoms with Crippen LogP contribution in [0, 0.1) is 3.57 Å². The van der Waals surface area contributed by atoms with Crippen LogP contribution in [0.2, 0.25) is 0 Å². The number of hydrogen-bond acceptors (Lipinski definition) is 8. The van der Waals surface area contributed by atoms with Gasteiger partial charge in [0.25, 0.3) is 11.1 Å². The SMILES string of the molecule is CCOc1cc(/C=C2/SC(=O)N(Cc3ccc(C(=O)OC)o3)C2=O)cc(I)c1OCc1ccccc1. The number of thioether (sulfide) groups is 1. The van der Waals surface area contributed by atoms with Crippen LogP contribution in [0.4, 0.5) is 4.79 Å². The van der Waals surface area contributed by atoms with Crippen molar-refractivity contribution in [3.05, 3.63) is 85.7 Å². The van der Waals surface area contributed by atoms with Gasteiger partial charge in [-0.05, 0) is 82.7 Å². The number of rotatable bonds is 9. The van der Waals surface area contributed by atoms with Gasteiger partial charge in [-0.2, -0.15) is 0 Å². The van der Waals surface area contributed by atoms with Crippen LogP contribution >= 0.6 is 34.4 Å². The number of ether oxygens (including phenoxy) is 3. The summed E-state index contributed by atoms with van der Waals surface area (Å²) in [6.45, 7) is 2.62.